The Hall–Kier alpha value is -2.14. The first kappa shape index (κ1) is 27.4. The van der Waals surface area contributed by atoms with Gasteiger partial charge in [0.15, 0.2) is 5.69 Å². The lowest BCUT2D eigenvalue weighted by Gasteiger charge is -2.27. The van der Waals surface area contributed by atoms with Crippen molar-refractivity contribution in [3.63, 3.8) is 0 Å². The average molecular weight is 538 g/mol. The minimum atomic E-state index is -4.34. The fraction of sp³-hybridized carbons (Fsp3) is 0.565. The summed E-state index contributed by atoms with van der Waals surface area (Å²) < 4.78 is 77.0. The third-order valence-electron chi connectivity index (χ3n) is 6.32. The molecule has 194 valence electrons. The number of aryl methyl sites for hydroxylation is 2. The molecule has 1 heterocycles. The molecule has 0 atom stereocenters. The van der Waals surface area contributed by atoms with Crippen LogP contribution < -0.4 is 5.32 Å². The van der Waals surface area contributed by atoms with Crippen molar-refractivity contribution in [2.45, 2.75) is 63.3 Å². The quantitative estimate of drug-likeness (QED) is 0.478. The summed E-state index contributed by atoms with van der Waals surface area (Å²) in [5.74, 6) is -0.843. The van der Waals surface area contributed by atoms with E-state index in [4.69, 9.17) is 11.6 Å². The van der Waals surface area contributed by atoms with Crippen LogP contribution in [0.25, 0.3) is 5.69 Å². The number of aromatic nitrogens is 2. The number of nitrogens with zero attached hydrogens (tertiary/aromatic N) is 2. The Morgan fingerprint density at radius 2 is 1.89 bits per heavy atom. The van der Waals surface area contributed by atoms with Crippen LogP contribution in [-0.4, -0.2) is 48.1 Å². The van der Waals surface area contributed by atoms with Gasteiger partial charge in [-0.2, -0.15) is 13.2 Å². The second kappa shape index (κ2) is 10.9. The van der Waals surface area contributed by atoms with E-state index in [1.165, 1.54) is 23.0 Å². The van der Waals surface area contributed by atoms with Gasteiger partial charge in [0, 0.05) is 25.6 Å². The molecule has 2 aromatic rings. The first-order valence-electron chi connectivity index (χ1n) is 11.4. The average Bonchev–Trinajstić information content (AvgIpc) is 3.11. The highest BCUT2D eigenvalue weighted by Crippen LogP contribution is 2.30. The van der Waals surface area contributed by atoms with Gasteiger partial charge in [0.1, 0.15) is 26.6 Å². The molecule has 12 heteroatoms. The molecule has 1 fully saturated rings. The largest absolute Gasteiger partial charge is 0.389 e. The Morgan fingerprint density at radius 3 is 2.43 bits per heavy atom. The fourth-order valence-electron chi connectivity index (χ4n) is 4.33. The minimum Gasteiger partial charge on any atom is -0.350 e. The zero-order valence-electron chi connectivity index (χ0n) is 19.5. The number of hydrogen-bond donors (Lipinski definition) is 1. The molecule has 1 saturated carbocycles. The summed E-state index contributed by atoms with van der Waals surface area (Å²) in [6.07, 6.45) is -1.73. The van der Waals surface area contributed by atoms with Crippen molar-refractivity contribution in [3.05, 3.63) is 46.3 Å². The van der Waals surface area contributed by atoms with Gasteiger partial charge in [-0.05, 0) is 55.7 Å². The van der Waals surface area contributed by atoms with Crippen LogP contribution in [0.5, 0.6) is 0 Å². The molecular formula is C23H28ClF4N3O3S. The van der Waals surface area contributed by atoms with Gasteiger partial charge in [-0.15, -0.1) is 0 Å². The van der Waals surface area contributed by atoms with E-state index in [0.29, 0.717) is 44.5 Å². The number of halogens is 5. The van der Waals surface area contributed by atoms with Crippen molar-refractivity contribution in [2.24, 2.45) is 5.92 Å². The summed E-state index contributed by atoms with van der Waals surface area (Å²) in [5.41, 5.74) is 0.114. The van der Waals surface area contributed by atoms with E-state index < -0.39 is 34.2 Å². The molecule has 1 aliphatic carbocycles. The van der Waals surface area contributed by atoms with E-state index in [2.05, 4.69) is 10.3 Å². The second-order valence-electron chi connectivity index (χ2n) is 8.94. The normalized spacial score (nSPS) is 19.1. The maximum Gasteiger partial charge on any atom is 0.389 e. The van der Waals surface area contributed by atoms with Crippen LogP contribution in [0.2, 0.25) is 5.15 Å². The highest BCUT2D eigenvalue weighted by molar-refractivity contribution is 7.91. The highest BCUT2D eigenvalue weighted by atomic mass is 35.5. The molecule has 0 spiro atoms. The predicted molar refractivity (Wildman–Crippen MR) is 125 cm³/mol. The fourth-order valence-corrected chi connectivity index (χ4v) is 5.77. The Labute approximate surface area is 207 Å². The molecule has 1 amide bonds. The van der Waals surface area contributed by atoms with Crippen LogP contribution in [0.4, 0.5) is 17.6 Å². The summed E-state index contributed by atoms with van der Waals surface area (Å²) >= 11 is 6.42. The smallest absolute Gasteiger partial charge is 0.350 e. The lowest BCUT2D eigenvalue weighted by atomic mass is 9.89. The monoisotopic (exact) mass is 537 g/mol. The Bertz CT molecular complexity index is 1170. The molecule has 1 aliphatic rings. The standard InChI is InChI=1S/C23H28ClF4N3O3S/c1-3-19-30-20(22(32)29-13-15-4-7-16(8-5-15)35(2,33)34)21(24)31(19)18-9-6-14(12-17(18)25)10-11-23(26,27)28/h6,9,12,15-16H,3-5,7-8,10-11,13H2,1-2H3,(H,29,32)/t15-,16+. The van der Waals surface area contributed by atoms with Crippen LogP contribution in [0.1, 0.15) is 60.9 Å². The first-order chi connectivity index (χ1) is 16.3. The molecule has 0 radical (unpaired) electrons. The highest BCUT2D eigenvalue weighted by Gasteiger charge is 2.29. The molecule has 3 rings (SSSR count). The van der Waals surface area contributed by atoms with E-state index in [1.54, 1.807) is 6.92 Å². The second-order valence-corrected chi connectivity index (χ2v) is 11.6. The maximum atomic E-state index is 14.8. The van der Waals surface area contributed by atoms with Gasteiger partial charge < -0.3 is 5.32 Å². The van der Waals surface area contributed by atoms with Crippen molar-refractivity contribution in [2.75, 3.05) is 12.8 Å². The Morgan fingerprint density at radius 1 is 1.23 bits per heavy atom. The van der Waals surface area contributed by atoms with E-state index in [1.807, 2.05) is 0 Å². The number of nitrogens with one attached hydrogen (secondary N) is 1. The first-order valence-corrected chi connectivity index (χ1v) is 13.7. The van der Waals surface area contributed by atoms with Crippen molar-refractivity contribution in [1.82, 2.24) is 14.9 Å². The molecule has 6 nitrogen and oxygen atoms in total. The van der Waals surface area contributed by atoms with Crippen molar-refractivity contribution >= 4 is 27.3 Å². The van der Waals surface area contributed by atoms with E-state index >= 15 is 0 Å². The summed E-state index contributed by atoms with van der Waals surface area (Å²) in [6, 6.07) is 3.76. The van der Waals surface area contributed by atoms with Gasteiger partial charge in [0.2, 0.25) is 0 Å². The number of sulfone groups is 1. The van der Waals surface area contributed by atoms with Crippen LogP contribution in [-0.2, 0) is 22.7 Å². The number of alkyl halides is 3. The molecule has 0 bridgehead atoms. The number of benzene rings is 1. The van der Waals surface area contributed by atoms with Crippen molar-refractivity contribution in [3.8, 4) is 5.69 Å². The molecule has 1 N–H and O–H groups in total. The Balaban J connectivity index is 1.72. The molecule has 0 saturated heterocycles. The summed E-state index contributed by atoms with van der Waals surface area (Å²) in [7, 11) is -3.07. The summed E-state index contributed by atoms with van der Waals surface area (Å²) in [6.45, 7) is 2.09. The molecule has 0 aliphatic heterocycles. The summed E-state index contributed by atoms with van der Waals surface area (Å²) in [4.78, 5) is 17.1. The van der Waals surface area contributed by atoms with Gasteiger partial charge in [-0.3, -0.25) is 9.36 Å². The number of carbonyl (C=O) groups excluding carboxylic acids is 1. The Kier molecular flexibility index (Phi) is 8.52. The van der Waals surface area contributed by atoms with Crippen LogP contribution in [0, 0.1) is 11.7 Å². The van der Waals surface area contributed by atoms with Gasteiger partial charge in [-0.1, -0.05) is 24.6 Å². The number of rotatable bonds is 8. The van der Waals surface area contributed by atoms with E-state index in [9.17, 15) is 30.8 Å². The van der Waals surface area contributed by atoms with E-state index in [0.717, 1.165) is 6.07 Å². The lowest BCUT2D eigenvalue weighted by molar-refractivity contribution is -0.134. The lowest BCUT2D eigenvalue weighted by Crippen LogP contribution is -2.34. The number of imidazole rings is 1. The zero-order chi connectivity index (χ0) is 26.0. The maximum absolute atomic E-state index is 14.8. The molecule has 1 aromatic carbocycles. The van der Waals surface area contributed by atoms with Crippen molar-refractivity contribution in [1.29, 1.82) is 0 Å². The van der Waals surface area contributed by atoms with E-state index in [-0.39, 0.29) is 39.7 Å². The van der Waals surface area contributed by atoms with Crippen molar-refractivity contribution < 1.29 is 30.8 Å². The SMILES string of the molecule is CCc1nc(C(=O)NC[C@H]2CC[C@@H](S(C)(=O)=O)CC2)c(Cl)n1-c1ccc(CCC(F)(F)F)cc1F. The van der Waals surface area contributed by atoms with Crippen LogP contribution >= 0.6 is 11.6 Å². The zero-order valence-corrected chi connectivity index (χ0v) is 21.0. The van der Waals surface area contributed by atoms with Gasteiger partial charge in [0.05, 0.1) is 10.9 Å². The molecule has 1 aromatic heterocycles. The number of amides is 1. The summed E-state index contributed by atoms with van der Waals surface area (Å²) in [5, 5.41) is 2.34. The predicted octanol–water partition coefficient (Wildman–Crippen LogP) is 5.06. The molecule has 0 unspecified atom stereocenters. The number of hydrogen-bond acceptors (Lipinski definition) is 4. The molecule has 35 heavy (non-hydrogen) atoms. The third-order valence-corrected chi connectivity index (χ3v) is 8.35. The van der Waals surface area contributed by atoms with Gasteiger partial charge >= 0.3 is 6.18 Å². The topological polar surface area (TPSA) is 81.1 Å². The number of carbonyl (C=O) groups is 1. The van der Waals surface area contributed by atoms with Crippen LogP contribution in [0.15, 0.2) is 18.2 Å². The minimum absolute atomic E-state index is 0.00624. The van der Waals surface area contributed by atoms with Gasteiger partial charge in [0.25, 0.3) is 5.91 Å². The van der Waals surface area contributed by atoms with Gasteiger partial charge in [-0.25, -0.2) is 17.8 Å². The molecular weight excluding hydrogens is 510 g/mol. The van der Waals surface area contributed by atoms with Crippen LogP contribution in [0.3, 0.4) is 0 Å². The third kappa shape index (κ3) is 6.97.